The van der Waals surface area contributed by atoms with Crippen LogP contribution in [0.2, 0.25) is 0 Å². The van der Waals surface area contributed by atoms with Gasteiger partial charge in [0, 0.05) is 12.3 Å². The number of benzene rings is 1. The van der Waals surface area contributed by atoms with Gasteiger partial charge in [-0.1, -0.05) is 43.7 Å². The molecule has 0 bridgehead atoms. The minimum absolute atomic E-state index is 0.144. The molecule has 2 amide bonds. The highest BCUT2D eigenvalue weighted by Gasteiger charge is 2.39. The van der Waals surface area contributed by atoms with Crippen molar-refractivity contribution < 1.29 is 14.3 Å². The monoisotopic (exact) mass is 313 g/mol. The van der Waals surface area contributed by atoms with Crippen molar-refractivity contribution in [2.24, 2.45) is 5.92 Å². The van der Waals surface area contributed by atoms with Crippen LogP contribution in [0, 0.1) is 18.3 Å². The standard InChI is InChI=1S/C19H23NO3/c1-3-4-5-7-10-15(2)18(21)20-17(14-23-19(20)22)13-16-11-8-6-9-12-16/h1,6,8-9,11-12,15,17H,4-5,7,10,13-14H2,2H3/t15-,17-/m1/s1. The second kappa shape index (κ2) is 8.38. The molecule has 2 atom stereocenters. The summed E-state index contributed by atoms with van der Waals surface area (Å²) in [5.41, 5.74) is 1.09. The van der Waals surface area contributed by atoms with E-state index in [1.165, 1.54) is 4.90 Å². The van der Waals surface area contributed by atoms with Gasteiger partial charge in [-0.25, -0.2) is 9.69 Å². The number of hydrogen-bond donors (Lipinski definition) is 0. The lowest BCUT2D eigenvalue weighted by Crippen LogP contribution is -2.43. The second-order valence-corrected chi connectivity index (χ2v) is 5.98. The smallest absolute Gasteiger partial charge is 0.416 e. The number of nitrogens with zero attached hydrogens (tertiary/aromatic N) is 1. The highest BCUT2D eigenvalue weighted by atomic mass is 16.6. The van der Waals surface area contributed by atoms with Crippen LogP contribution in [0.4, 0.5) is 4.79 Å². The molecule has 1 heterocycles. The number of imide groups is 1. The van der Waals surface area contributed by atoms with Crippen LogP contribution < -0.4 is 0 Å². The molecule has 4 heteroatoms. The van der Waals surface area contributed by atoms with Gasteiger partial charge in [0.25, 0.3) is 0 Å². The van der Waals surface area contributed by atoms with Crippen LogP contribution in [-0.4, -0.2) is 29.5 Å². The number of carbonyl (C=O) groups excluding carboxylic acids is 2. The molecule has 0 radical (unpaired) electrons. The van der Waals surface area contributed by atoms with E-state index in [0.717, 1.165) is 31.2 Å². The molecule has 0 aromatic heterocycles. The van der Waals surface area contributed by atoms with Crippen molar-refractivity contribution in [1.29, 1.82) is 0 Å². The van der Waals surface area contributed by atoms with E-state index >= 15 is 0 Å². The van der Waals surface area contributed by atoms with E-state index in [1.54, 1.807) is 0 Å². The molecule has 23 heavy (non-hydrogen) atoms. The first-order chi connectivity index (χ1) is 11.1. The molecule has 1 fully saturated rings. The molecule has 122 valence electrons. The van der Waals surface area contributed by atoms with Gasteiger partial charge in [-0.2, -0.15) is 0 Å². The molecule has 4 nitrogen and oxygen atoms in total. The first-order valence-corrected chi connectivity index (χ1v) is 8.10. The fourth-order valence-corrected chi connectivity index (χ4v) is 2.81. The average Bonchev–Trinajstić information content (AvgIpc) is 2.92. The molecule has 0 unspecified atom stereocenters. The van der Waals surface area contributed by atoms with E-state index < -0.39 is 6.09 Å². The van der Waals surface area contributed by atoms with Crippen molar-refractivity contribution in [3.8, 4) is 12.3 Å². The van der Waals surface area contributed by atoms with Crippen LogP contribution in [0.15, 0.2) is 30.3 Å². The quantitative estimate of drug-likeness (QED) is 0.572. The fraction of sp³-hybridized carbons (Fsp3) is 0.474. The van der Waals surface area contributed by atoms with Gasteiger partial charge in [0.2, 0.25) is 5.91 Å². The van der Waals surface area contributed by atoms with Gasteiger partial charge < -0.3 is 4.74 Å². The number of carbonyl (C=O) groups is 2. The maximum Gasteiger partial charge on any atom is 0.416 e. The molecule has 0 aliphatic carbocycles. The molecular weight excluding hydrogens is 290 g/mol. The maximum absolute atomic E-state index is 12.6. The van der Waals surface area contributed by atoms with Crippen molar-refractivity contribution in [3.63, 3.8) is 0 Å². The van der Waals surface area contributed by atoms with Crippen LogP contribution in [0.1, 0.15) is 38.2 Å². The summed E-state index contributed by atoms with van der Waals surface area (Å²) in [5.74, 6) is 2.26. The zero-order chi connectivity index (χ0) is 16.7. The minimum Gasteiger partial charge on any atom is -0.447 e. The molecular formula is C19H23NO3. The lowest BCUT2D eigenvalue weighted by Gasteiger charge is -2.23. The molecule has 1 aromatic rings. The summed E-state index contributed by atoms with van der Waals surface area (Å²) in [5, 5.41) is 0. The Balaban J connectivity index is 1.95. The van der Waals surface area contributed by atoms with Crippen molar-refractivity contribution in [2.45, 2.75) is 45.1 Å². The largest absolute Gasteiger partial charge is 0.447 e. The van der Waals surface area contributed by atoms with Crippen LogP contribution in [0.5, 0.6) is 0 Å². The maximum atomic E-state index is 12.6. The number of terminal acetylenes is 1. The Bertz CT molecular complexity index is 576. The lowest BCUT2D eigenvalue weighted by atomic mass is 10.00. The summed E-state index contributed by atoms with van der Waals surface area (Å²) in [6.45, 7) is 2.13. The molecule has 0 saturated carbocycles. The SMILES string of the molecule is C#CCCCC[C@@H](C)C(=O)N1C(=O)OC[C@H]1Cc1ccccc1. The van der Waals surface area contributed by atoms with Crippen molar-refractivity contribution in [3.05, 3.63) is 35.9 Å². The fourth-order valence-electron chi connectivity index (χ4n) is 2.81. The summed E-state index contributed by atoms with van der Waals surface area (Å²) in [4.78, 5) is 25.9. The Kier molecular flexibility index (Phi) is 6.22. The van der Waals surface area contributed by atoms with Crippen molar-refractivity contribution in [2.75, 3.05) is 6.61 Å². The van der Waals surface area contributed by atoms with Crippen LogP contribution in [-0.2, 0) is 16.0 Å². The van der Waals surface area contributed by atoms with E-state index in [1.807, 2.05) is 37.3 Å². The first-order valence-electron chi connectivity index (χ1n) is 8.10. The molecule has 2 rings (SSSR count). The Morgan fingerprint density at radius 2 is 2.13 bits per heavy atom. The predicted octanol–water partition coefficient (Wildman–Crippen LogP) is 3.41. The highest BCUT2D eigenvalue weighted by Crippen LogP contribution is 2.22. The van der Waals surface area contributed by atoms with Crippen LogP contribution in [0.3, 0.4) is 0 Å². The molecule has 1 aliphatic rings. The van der Waals surface area contributed by atoms with Gasteiger partial charge in [-0.3, -0.25) is 4.79 Å². The summed E-state index contributed by atoms with van der Waals surface area (Å²) >= 11 is 0. The number of unbranched alkanes of at least 4 members (excludes halogenated alkanes) is 2. The third-order valence-electron chi connectivity index (χ3n) is 4.14. The average molecular weight is 313 g/mol. The Morgan fingerprint density at radius 3 is 2.83 bits per heavy atom. The summed E-state index contributed by atoms with van der Waals surface area (Å²) < 4.78 is 5.10. The molecule has 0 N–H and O–H groups in total. The molecule has 1 aliphatic heterocycles. The second-order valence-electron chi connectivity index (χ2n) is 5.98. The van der Waals surface area contributed by atoms with E-state index in [9.17, 15) is 9.59 Å². The van der Waals surface area contributed by atoms with Crippen LogP contribution >= 0.6 is 0 Å². The zero-order valence-electron chi connectivity index (χ0n) is 13.5. The third-order valence-corrected chi connectivity index (χ3v) is 4.14. The van der Waals surface area contributed by atoms with E-state index in [0.29, 0.717) is 6.42 Å². The normalized spacial score (nSPS) is 18.3. The summed E-state index contributed by atoms with van der Waals surface area (Å²) in [6.07, 6.45) is 8.60. The first kappa shape index (κ1) is 17.1. The van der Waals surface area contributed by atoms with E-state index in [4.69, 9.17) is 11.2 Å². The number of ether oxygens (including phenoxy) is 1. The number of cyclic esters (lactones) is 1. The minimum atomic E-state index is -0.522. The molecule has 1 aromatic carbocycles. The number of hydrogen-bond acceptors (Lipinski definition) is 3. The summed E-state index contributed by atoms with van der Waals surface area (Å²) in [6, 6.07) is 9.62. The highest BCUT2D eigenvalue weighted by molar-refractivity contribution is 5.94. The van der Waals surface area contributed by atoms with Gasteiger partial charge >= 0.3 is 6.09 Å². The predicted molar refractivity (Wildman–Crippen MR) is 88.6 cm³/mol. The van der Waals surface area contributed by atoms with E-state index in [2.05, 4.69) is 5.92 Å². The third kappa shape index (κ3) is 4.59. The molecule has 0 spiro atoms. The van der Waals surface area contributed by atoms with Gasteiger partial charge in [0.15, 0.2) is 0 Å². The topological polar surface area (TPSA) is 46.6 Å². The van der Waals surface area contributed by atoms with Gasteiger partial charge in [-0.15, -0.1) is 12.3 Å². The summed E-state index contributed by atoms with van der Waals surface area (Å²) in [7, 11) is 0. The Morgan fingerprint density at radius 1 is 1.39 bits per heavy atom. The molecule has 1 saturated heterocycles. The van der Waals surface area contributed by atoms with Crippen molar-refractivity contribution in [1.82, 2.24) is 4.90 Å². The van der Waals surface area contributed by atoms with Gasteiger partial charge in [-0.05, 0) is 24.8 Å². The van der Waals surface area contributed by atoms with E-state index in [-0.39, 0.29) is 24.5 Å². The number of amides is 2. The Hall–Kier alpha value is -2.28. The van der Waals surface area contributed by atoms with Crippen LogP contribution in [0.25, 0.3) is 0 Å². The number of rotatable bonds is 7. The van der Waals surface area contributed by atoms with Crippen molar-refractivity contribution >= 4 is 12.0 Å². The lowest BCUT2D eigenvalue weighted by molar-refractivity contribution is -0.133. The van der Waals surface area contributed by atoms with Gasteiger partial charge in [0.1, 0.15) is 6.61 Å². The van der Waals surface area contributed by atoms with Gasteiger partial charge in [0.05, 0.1) is 6.04 Å². The zero-order valence-corrected chi connectivity index (χ0v) is 13.5. The Labute approximate surface area is 137 Å².